The highest BCUT2D eigenvalue weighted by molar-refractivity contribution is 5.85. The minimum absolute atomic E-state index is 0. The van der Waals surface area contributed by atoms with E-state index in [2.05, 4.69) is 10.2 Å². The van der Waals surface area contributed by atoms with Gasteiger partial charge in [0.1, 0.15) is 18.1 Å². The number of rotatable bonds is 5. The van der Waals surface area contributed by atoms with Crippen molar-refractivity contribution in [2.24, 2.45) is 5.92 Å². The van der Waals surface area contributed by atoms with Gasteiger partial charge in [-0.2, -0.15) is 0 Å². The third-order valence-corrected chi connectivity index (χ3v) is 4.01. The summed E-state index contributed by atoms with van der Waals surface area (Å²) in [6.07, 6.45) is 3.95. The molecule has 1 saturated carbocycles. The Labute approximate surface area is 132 Å². The molecule has 1 atom stereocenters. The molecule has 2 heterocycles. The van der Waals surface area contributed by atoms with Gasteiger partial charge in [0.25, 0.3) is 0 Å². The van der Waals surface area contributed by atoms with E-state index in [9.17, 15) is 0 Å². The van der Waals surface area contributed by atoms with Crippen molar-refractivity contribution in [1.29, 1.82) is 0 Å². The molecule has 1 saturated heterocycles. The molecule has 3 rings (SSSR count). The topological polar surface area (TPSA) is 48.6 Å². The molecule has 2 aliphatic rings. The van der Waals surface area contributed by atoms with Gasteiger partial charge in [-0.25, -0.2) is 0 Å². The van der Waals surface area contributed by atoms with E-state index in [0.29, 0.717) is 11.8 Å². The van der Waals surface area contributed by atoms with Crippen molar-refractivity contribution < 1.29 is 9.52 Å². The predicted molar refractivity (Wildman–Crippen MR) is 83.7 cm³/mol. The third-order valence-electron chi connectivity index (χ3n) is 4.01. The highest BCUT2D eigenvalue weighted by atomic mass is 35.5. The Morgan fingerprint density at radius 2 is 1.95 bits per heavy atom. The molecule has 2 N–H and O–H groups in total. The van der Waals surface area contributed by atoms with Crippen molar-refractivity contribution in [1.82, 2.24) is 10.2 Å². The maximum atomic E-state index is 9.12. The fraction of sp³-hybridized carbons (Fsp3) is 0.714. The summed E-state index contributed by atoms with van der Waals surface area (Å²) in [7, 11) is 0. The molecule has 0 spiro atoms. The average molecular weight is 323 g/mol. The quantitative estimate of drug-likeness (QED) is 0.873. The summed E-state index contributed by atoms with van der Waals surface area (Å²) in [5, 5.41) is 12.5. The molecule has 20 heavy (non-hydrogen) atoms. The van der Waals surface area contributed by atoms with Gasteiger partial charge >= 0.3 is 0 Å². The van der Waals surface area contributed by atoms with Crippen molar-refractivity contribution in [3.05, 3.63) is 23.7 Å². The molecular formula is C14H24Cl2N2O2. The smallest absolute Gasteiger partial charge is 0.129 e. The average Bonchev–Trinajstić information content (AvgIpc) is 3.12. The second-order valence-electron chi connectivity index (χ2n) is 5.44. The molecule has 1 aromatic rings. The molecule has 4 nitrogen and oxygen atoms in total. The van der Waals surface area contributed by atoms with E-state index in [1.54, 1.807) is 0 Å². The number of nitrogens with zero attached hydrogens (tertiary/aromatic N) is 1. The molecule has 6 heteroatoms. The minimum atomic E-state index is -0.00228. The Hall–Kier alpha value is -0.260. The van der Waals surface area contributed by atoms with Crippen LogP contribution in [0.25, 0.3) is 0 Å². The lowest BCUT2D eigenvalue weighted by atomic mass is 10.1. The van der Waals surface area contributed by atoms with Crippen LogP contribution >= 0.6 is 24.8 Å². The number of aliphatic hydroxyl groups excluding tert-OH is 1. The van der Waals surface area contributed by atoms with Gasteiger partial charge < -0.3 is 14.8 Å². The summed E-state index contributed by atoms with van der Waals surface area (Å²) < 4.78 is 5.76. The van der Waals surface area contributed by atoms with Crippen molar-refractivity contribution in [3.8, 4) is 0 Å². The van der Waals surface area contributed by atoms with Gasteiger partial charge in [0, 0.05) is 26.2 Å². The van der Waals surface area contributed by atoms with E-state index in [4.69, 9.17) is 9.52 Å². The Balaban J connectivity index is 0.000001000. The van der Waals surface area contributed by atoms with Gasteiger partial charge in [0.15, 0.2) is 0 Å². The number of hydrogen-bond acceptors (Lipinski definition) is 4. The highest BCUT2D eigenvalue weighted by Crippen LogP contribution is 2.40. The van der Waals surface area contributed by atoms with E-state index < -0.39 is 0 Å². The molecule has 0 amide bonds. The first-order chi connectivity index (χ1) is 8.86. The lowest BCUT2D eigenvalue weighted by molar-refractivity contribution is 0.137. The van der Waals surface area contributed by atoms with Crippen molar-refractivity contribution in [3.63, 3.8) is 0 Å². The Morgan fingerprint density at radius 1 is 1.25 bits per heavy atom. The van der Waals surface area contributed by atoms with Crippen molar-refractivity contribution in [2.45, 2.75) is 31.9 Å². The summed E-state index contributed by atoms with van der Waals surface area (Å²) in [5.41, 5.74) is 0. The summed E-state index contributed by atoms with van der Waals surface area (Å²) in [4.78, 5) is 2.52. The van der Waals surface area contributed by atoms with Gasteiger partial charge in [-0.3, -0.25) is 4.90 Å². The fourth-order valence-corrected chi connectivity index (χ4v) is 2.77. The Kier molecular flexibility index (Phi) is 7.34. The molecular weight excluding hydrogens is 299 g/mol. The highest BCUT2D eigenvalue weighted by Gasteiger charge is 2.32. The van der Waals surface area contributed by atoms with Crippen LogP contribution in [0.5, 0.6) is 0 Å². The molecule has 1 aliphatic heterocycles. The van der Waals surface area contributed by atoms with Crippen molar-refractivity contribution >= 4 is 24.8 Å². The standard InChI is InChI=1S/C14H22N2O2.2ClH/c17-10-12-3-4-14(18-12)13(9-11-1-2-11)16-7-5-15-6-8-16;;/h3-4,11,13,15,17H,1-2,5-10H2;2*1H/t13-;;/m1../s1. The zero-order chi connectivity index (χ0) is 12.4. The lowest BCUT2D eigenvalue weighted by Gasteiger charge is -2.34. The summed E-state index contributed by atoms with van der Waals surface area (Å²) in [5.74, 6) is 2.60. The van der Waals surface area contributed by atoms with Gasteiger partial charge in [-0.1, -0.05) is 12.8 Å². The first-order valence-corrected chi connectivity index (χ1v) is 7.01. The predicted octanol–water partition coefficient (Wildman–Crippen LogP) is 2.36. The van der Waals surface area contributed by atoms with Gasteiger partial charge in [-0.15, -0.1) is 24.8 Å². The monoisotopic (exact) mass is 322 g/mol. The fourth-order valence-electron chi connectivity index (χ4n) is 2.77. The van der Waals surface area contributed by atoms with Crippen LogP contribution in [0, 0.1) is 5.92 Å². The summed E-state index contributed by atoms with van der Waals surface area (Å²) in [6.45, 7) is 4.31. The number of aliphatic hydroxyl groups is 1. The molecule has 1 aromatic heterocycles. The first kappa shape index (κ1) is 17.8. The second kappa shape index (κ2) is 8.25. The van der Waals surface area contributed by atoms with Crippen LogP contribution < -0.4 is 5.32 Å². The molecule has 0 radical (unpaired) electrons. The number of halogens is 2. The van der Waals surface area contributed by atoms with E-state index in [0.717, 1.165) is 37.9 Å². The maximum Gasteiger partial charge on any atom is 0.129 e. The van der Waals surface area contributed by atoms with E-state index in [1.165, 1.54) is 19.3 Å². The third kappa shape index (κ3) is 4.37. The van der Waals surface area contributed by atoms with Gasteiger partial charge in [-0.05, 0) is 24.5 Å². The van der Waals surface area contributed by atoms with Crippen LogP contribution in [0.1, 0.15) is 36.8 Å². The number of hydrogen-bond donors (Lipinski definition) is 2. The molecule has 1 aliphatic carbocycles. The molecule has 116 valence electrons. The van der Waals surface area contributed by atoms with Crippen LogP contribution in [0.2, 0.25) is 0 Å². The molecule has 0 bridgehead atoms. The first-order valence-electron chi connectivity index (χ1n) is 7.01. The van der Waals surface area contributed by atoms with Gasteiger partial charge in [0.05, 0.1) is 6.04 Å². The molecule has 0 aromatic carbocycles. The zero-order valence-electron chi connectivity index (χ0n) is 11.6. The van der Waals surface area contributed by atoms with E-state index in [1.807, 2.05) is 12.1 Å². The van der Waals surface area contributed by atoms with Crippen LogP contribution in [0.4, 0.5) is 0 Å². The van der Waals surface area contributed by atoms with Gasteiger partial charge in [0.2, 0.25) is 0 Å². The maximum absolute atomic E-state index is 9.12. The van der Waals surface area contributed by atoms with E-state index >= 15 is 0 Å². The molecule has 2 fully saturated rings. The van der Waals surface area contributed by atoms with Crippen LogP contribution in [-0.4, -0.2) is 36.2 Å². The number of nitrogens with one attached hydrogen (secondary N) is 1. The molecule has 0 unspecified atom stereocenters. The zero-order valence-corrected chi connectivity index (χ0v) is 13.2. The normalized spacial score (nSPS) is 20.9. The summed E-state index contributed by atoms with van der Waals surface area (Å²) >= 11 is 0. The van der Waals surface area contributed by atoms with Crippen LogP contribution in [0.15, 0.2) is 16.5 Å². The van der Waals surface area contributed by atoms with E-state index in [-0.39, 0.29) is 31.4 Å². The van der Waals surface area contributed by atoms with Crippen LogP contribution in [0.3, 0.4) is 0 Å². The SMILES string of the molecule is Cl.Cl.OCc1ccc([C@@H](CC2CC2)N2CCNCC2)o1. The lowest BCUT2D eigenvalue weighted by Crippen LogP contribution is -2.45. The van der Waals surface area contributed by atoms with Crippen molar-refractivity contribution in [2.75, 3.05) is 26.2 Å². The van der Waals surface area contributed by atoms with Crippen LogP contribution in [-0.2, 0) is 6.61 Å². The second-order valence-corrected chi connectivity index (χ2v) is 5.44. The Morgan fingerprint density at radius 3 is 2.50 bits per heavy atom. The Bertz CT molecular complexity index is 390. The largest absolute Gasteiger partial charge is 0.462 e. The summed E-state index contributed by atoms with van der Waals surface area (Å²) in [6, 6.07) is 4.35. The minimum Gasteiger partial charge on any atom is -0.462 e. The number of furan rings is 1. The number of piperazine rings is 1.